The minimum Gasteiger partial charge on any atom is -0.379 e. The zero-order valence-corrected chi connectivity index (χ0v) is 22.1. The van der Waals surface area contributed by atoms with Gasteiger partial charge in [0.2, 0.25) is 0 Å². The number of nitrogens with zero attached hydrogens (tertiary/aromatic N) is 4. The maximum absolute atomic E-state index is 5.89. The average molecular weight is 492 g/mol. The van der Waals surface area contributed by atoms with Crippen molar-refractivity contribution in [2.24, 2.45) is 0 Å². The van der Waals surface area contributed by atoms with Gasteiger partial charge in [-0.1, -0.05) is 18.2 Å². The summed E-state index contributed by atoms with van der Waals surface area (Å²) in [6.07, 6.45) is 5.30. The van der Waals surface area contributed by atoms with Crippen molar-refractivity contribution in [3.8, 4) is 0 Å². The van der Waals surface area contributed by atoms with Crippen LogP contribution in [0.25, 0.3) is 5.57 Å². The fraction of sp³-hybridized carbons (Fsp3) is 0.500. The maximum atomic E-state index is 5.89. The van der Waals surface area contributed by atoms with Crippen LogP contribution in [0.2, 0.25) is 0 Å². The molecular weight excluding hydrogens is 454 g/mol. The number of hydrogen-bond acceptors (Lipinski definition) is 5. The Balaban J connectivity index is 1.45. The molecule has 1 aromatic heterocycles. The molecule has 0 spiro atoms. The number of rotatable bonds is 6. The zero-order valence-electron chi connectivity index (χ0n) is 21.3. The molecule has 5 rings (SSSR count). The number of ether oxygens (including phenoxy) is 1. The van der Waals surface area contributed by atoms with Crippen molar-refractivity contribution in [1.82, 2.24) is 20.1 Å². The van der Waals surface area contributed by atoms with Gasteiger partial charge >= 0.3 is 0 Å². The SMILES string of the molecule is CC1=CC(C)(C)N(C)c2ccc(C3C(c4ccccn4)NC(=S)N3CCCN3CCOCC3)cc21. The van der Waals surface area contributed by atoms with Gasteiger partial charge < -0.3 is 19.9 Å². The molecule has 0 saturated carbocycles. The summed E-state index contributed by atoms with van der Waals surface area (Å²) in [7, 11) is 2.18. The second kappa shape index (κ2) is 9.88. The summed E-state index contributed by atoms with van der Waals surface area (Å²) < 4.78 is 5.51. The van der Waals surface area contributed by atoms with Gasteiger partial charge in [-0.2, -0.15) is 0 Å². The van der Waals surface area contributed by atoms with Gasteiger partial charge in [-0.3, -0.25) is 9.88 Å². The number of morpholine rings is 1. The van der Waals surface area contributed by atoms with Crippen LogP contribution in [0.5, 0.6) is 0 Å². The van der Waals surface area contributed by atoms with E-state index in [9.17, 15) is 0 Å². The Labute approximate surface area is 215 Å². The van der Waals surface area contributed by atoms with Crippen LogP contribution in [0.4, 0.5) is 5.69 Å². The van der Waals surface area contributed by atoms with Gasteiger partial charge in [-0.25, -0.2) is 0 Å². The van der Waals surface area contributed by atoms with E-state index in [1.165, 1.54) is 22.4 Å². The molecule has 2 fully saturated rings. The first kappa shape index (κ1) is 24.2. The van der Waals surface area contributed by atoms with E-state index < -0.39 is 0 Å². The lowest BCUT2D eigenvalue weighted by molar-refractivity contribution is 0.0365. The topological polar surface area (TPSA) is 43.9 Å². The lowest BCUT2D eigenvalue weighted by Gasteiger charge is -2.41. The standard InChI is InChI=1S/C28H37N5OS/c1-20-19-28(2,3)31(4)24-10-9-21(18-22(20)24)26-25(23-8-5-6-11-29-23)30-27(35)33(26)13-7-12-32-14-16-34-17-15-32/h5-6,8-11,18-19,25-26H,7,12-17H2,1-4H3,(H,30,35). The maximum Gasteiger partial charge on any atom is 0.170 e. The van der Waals surface area contributed by atoms with E-state index in [0.717, 1.165) is 56.6 Å². The Morgan fingerprint density at radius 3 is 2.69 bits per heavy atom. The molecule has 7 heteroatoms. The first-order chi connectivity index (χ1) is 16.8. The number of nitrogens with one attached hydrogen (secondary N) is 1. The molecule has 0 radical (unpaired) electrons. The van der Waals surface area contributed by atoms with Gasteiger partial charge in [0.15, 0.2) is 5.11 Å². The Bertz CT molecular complexity index is 1100. The number of allylic oxidation sites excluding steroid dienone is 1. The first-order valence-electron chi connectivity index (χ1n) is 12.7. The second-order valence-corrected chi connectivity index (χ2v) is 10.8. The molecule has 2 atom stereocenters. The lowest BCUT2D eigenvalue weighted by atomic mass is 9.86. The highest BCUT2D eigenvalue weighted by atomic mass is 32.1. The van der Waals surface area contributed by atoms with E-state index in [1.807, 2.05) is 12.3 Å². The normalized spacial score (nSPS) is 24.2. The molecule has 1 N–H and O–H groups in total. The number of benzene rings is 1. The van der Waals surface area contributed by atoms with Crippen molar-refractivity contribution in [3.63, 3.8) is 0 Å². The number of fused-ring (bicyclic) bond motifs is 1. The summed E-state index contributed by atoms with van der Waals surface area (Å²) in [6.45, 7) is 12.4. The highest BCUT2D eigenvalue weighted by molar-refractivity contribution is 7.80. The summed E-state index contributed by atoms with van der Waals surface area (Å²) in [4.78, 5) is 11.9. The molecule has 1 aromatic carbocycles. The summed E-state index contributed by atoms with van der Waals surface area (Å²) >= 11 is 5.89. The van der Waals surface area contributed by atoms with Crippen LogP contribution in [0.1, 0.15) is 56.1 Å². The number of anilines is 1. The van der Waals surface area contributed by atoms with Crippen LogP contribution in [0.3, 0.4) is 0 Å². The number of likely N-dealkylation sites (N-methyl/N-ethyl adjacent to an activating group) is 1. The van der Waals surface area contributed by atoms with Crippen LogP contribution in [-0.2, 0) is 4.74 Å². The third-order valence-corrected chi connectivity index (χ3v) is 8.11. The van der Waals surface area contributed by atoms with E-state index in [-0.39, 0.29) is 17.6 Å². The van der Waals surface area contributed by atoms with E-state index in [4.69, 9.17) is 21.9 Å². The molecule has 3 aliphatic rings. The molecule has 186 valence electrons. The zero-order chi connectivity index (χ0) is 24.6. The monoisotopic (exact) mass is 491 g/mol. The van der Waals surface area contributed by atoms with Crippen molar-refractivity contribution in [2.75, 3.05) is 51.3 Å². The van der Waals surface area contributed by atoms with Crippen LogP contribution in [-0.4, -0.2) is 71.9 Å². The Hall–Kier alpha value is -2.48. The lowest BCUT2D eigenvalue weighted by Crippen LogP contribution is -2.42. The molecule has 0 aliphatic carbocycles. The fourth-order valence-corrected chi connectivity index (χ4v) is 5.99. The molecule has 3 aliphatic heterocycles. The van der Waals surface area contributed by atoms with Gasteiger partial charge in [-0.15, -0.1) is 0 Å². The largest absolute Gasteiger partial charge is 0.379 e. The third kappa shape index (κ3) is 4.82. The minimum atomic E-state index is -0.00288. The van der Waals surface area contributed by atoms with Crippen LogP contribution in [0, 0.1) is 0 Å². The molecule has 6 nitrogen and oxygen atoms in total. The summed E-state index contributed by atoms with van der Waals surface area (Å²) in [6, 6.07) is 13.2. The highest BCUT2D eigenvalue weighted by Crippen LogP contribution is 2.43. The van der Waals surface area contributed by atoms with Crippen molar-refractivity contribution in [1.29, 1.82) is 0 Å². The Kier molecular flexibility index (Phi) is 6.84. The van der Waals surface area contributed by atoms with Crippen molar-refractivity contribution in [2.45, 2.75) is 44.8 Å². The second-order valence-electron chi connectivity index (χ2n) is 10.4. The van der Waals surface area contributed by atoms with Gasteiger partial charge in [0, 0.05) is 50.7 Å². The molecule has 35 heavy (non-hydrogen) atoms. The van der Waals surface area contributed by atoms with E-state index >= 15 is 0 Å². The van der Waals surface area contributed by atoms with Gasteiger partial charge in [0.1, 0.15) is 0 Å². The molecule has 2 saturated heterocycles. The minimum absolute atomic E-state index is 0.00288. The molecular formula is C28H37N5OS. The fourth-order valence-electron chi connectivity index (χ4n) is 5.66. The van der Waals surface area contributed by atoms with E-state index in [0.29, 0.717) is 0 Å². The van der Waals surface area contributed by atoms with Crippen LogP contribution < -0.4 is 10.2 Å². The molecule has 2 unspecified atom stereocenters. The first-order valence-corrected chi connectivity index (χ1v) is 13.1. The average Bonchev–Trinajstić information content (AvgIpc) is 3.19. The molecule has 2 aromatic rings. The molecule has 0 bridgehead atoms. The van der Waals surface area contributed by atoms with Gasteiger partial charge in [-0.05, 0) is 74.8 Å². The number of aromatic nitrogens is 1. The smallest absolute Gasteiger partial charge is 0.170 e. The Morgan fingerprint density at radius 2 is 1.94 bits per heavy atom. The van der Waals surface area contributed by atoms with Crippen molar-refractivity contribution in [3.05, 3.63) is 65.5 Å². The van der Waals surface area contributed by atoms with Crippen LogP contribution in [0.15, 0.2) is 48.7 Å². The van der Waals surface area contributed by atoms with Gasteiger partial charge in [0.25, 0.3) is 0 Å². The Morgan fingerprint density at radius 1 is 1.14 bits per heavy atom. The third-order valence-electron chi connectivity index (χ3n) is 7.76. The van der Waals surface area contributed by atoms with Crippen molar-refractivity contribution >= 4 is 28.6 Å². The highest BCUT2D eigenvalue weighted by Gasteiger charge is 2.40. The number of hydrogen-bond donors (Lipinski definition) is 1. The molecule has 0 amide bonds. The predicted molar refractivity (Wildman–Crippen MR) is 147 cm³/mol. The van der Waals surface area contributed by atoms with E-state index in [2.05, 4.69) is 84.2 Å². The summed E-state index contributed by atoms with van der Waals surface area (Å²) in [5.41, 5.74) is 6.21. The molecule has 4 heterocycles. The summed E-state index contributed by atoms with van der Waals surface area (Å²) in [5.74, 6) is 0. The van der Waals surface area contributed by atoms with Crippen LogP contribution >= 0.6 is 12.2 Å². The van der Waals surface area contributed by atoms with Crippen molar-refractivity contribution < 1.29 is 4.74 Å². The number of thiocarbonyl (C=S) groups is 1. The quantitative estimate of drug-likeness (QED) is 0.601. The number of pyridine rings is 1. The van der Waals surface area contributed by atoms with Gasteiger partial charge in [0.05, 0.1) is 36.5 Å². The predicted octanol–water partition coefficient (Wildman–Crippen LogP) is 4.41. The summed E-state index contributed by atoms with van der Waals surface area (Å²) in [5, 5.41) is 4.42. The van der Waals surface area contributed by atoms with E-state index in [1.54, 1.807) is 0 Å².